The van der Waals surface area contributed by atoms with Gasteiger partial charge in [0.2, 0.25) is 0 Å². The highest BCUT2D eigenvalue weighted by Gasteiger charge is 2.38. The number of fused-ring (bicyclic) bond motifs is 2. The van der Waals surface area contributed by atoms with Crippen molar-refractivity contribution >= 4 is 28.8 Å². The van der Waals surface area contributed by atoms with Crippen LogP contribution in [0.2, 0.25) is 0 Å². The van der Waals surface area contributed by atoms with Crippen molar-refractivity contribution in [3.63, 3.8) is 0 Å². The normalized spacial score (nSPS) is 19.7. The van der Waals surface area contributed by atoms with Gasteiger partial charge in [0.1, 0.15) is 0 Å². The molecular weight excluding hydrogens is 280 g/mol. The lowest BCUT2D eigenvalue weighted by atomic mass is 9.94. The second kappa shape index (κ2) is 4.53. The van der Waals surface area contributed by atoms with Crippen molar-refractivity contribution in [2.24, 2.45) is 0 Å². The second-order valence-electron chi connectivity index (χ2n) is 5.11. The molecule has 0 saturated heterocycles. The number of Topliss-reactive ketones (excluding diaryl/α,β-unsaturated/α-hetero) is 1. The molecule has 2 aromatic carbocycles. The average molecular weight is 292 g/mol. The van der Waals surface area contributed by atoms with E-state index < -0.39 is 0 Å². The van der Waals surface area contributed by atoms with Gasteiger partial charge in [0.05, 0.1) is 17.3 Å². The first-order chi connectivity index (χ1) is 10.3. The monoisotopic (exact) mass is 292 g/mol. The van der Waals surface area contributed by atoms with Gasteiger partial charge in [0.25, 0.3) is 0 Å². The summed E-state index contributed by atoms with van der Waals surface area (Å²) in [6.45, 7) is 0. The predicted molar refractivity (Wildman–Crippen MR) is 85.7 cm³/mol. The molecule has 0 bridgehead atoms. The smallest absolute Gasteiger partial charge is 0.194 e. The summed E-state index contributed by atoms with van der Waals surface area (Å²) < 4.78 is 0. The molecule has 102 valence electrons. The van der Waals surface area contributed by atoms with E-state index in [1.807, 2.05) is 54.6 Å². The highest BCUT2D eigenvalue weighted by molar-refractivity contribution is 7.80. The molecule has 0 radical (unpaired) electrons. The Hall–Kier alpha value is -2.46. The van der Waals surface area contributed by atoms with Gasteiger partial charge in [-0.25, -0.2) is 0 Å². The molecule has 2 aliphatic rings. The Morgan fingerprint density at radius 3 is 2.33 bits per heavy atom. The predicted octanol–water partition coefficient (Wildman–Crippen LogP) is 2.81. The summed E-state index contributed by atoms with van der Waals surface area (Å²) in [7, 11) is 0. The number of hydrogen-bond donors (Lipinski definition) is 2. The van der Waals surface area contributed by atoms with Crippen molar-refractivity contribution in [3.05, 3.63) is 76.9 Å². The molecule has 1 aliphatic carbocycles. The minimum absolute atomic E-state index is 0.0666. The summed E-state index contributed by atoms with van der Waals surface area (Å²) in [5.41, 5.74) is 4.30. The Morgan fingerprint density at radius 1 is 0.905 bits per heavy atom. The molecule has 2 N–H and O–H groups in total. The lowest BCUT2D eigenvalue weighted by Gasteiger charge is -2.28. The molecule has 0 spiro atoms. The maximum absolute atomic E-state index is 12.7. The molecule has 0 amide bonds. The van der Waals surface area contributed by atoms with Gasteiger partial charge in [-0.3, -0.25) is 4.79 Å². The van der Waals surface area contributed by atoms with Crippen molar-refractivity contribution in [1.82, 2.24) is 10.6 Å². The van der Waals surface area contributed by atoms with Gasteiger partial charge in [-0.2, -0.15) is 0 Å². The molecule has 1 aliphatic heterocycles. The molecule has 4 heteroatoms. The number of ketones is 1. The van der Waals surface area contributed by atoms with Gasteiger partial charge in [0.15, 0.2) is 10.9 Å². The maximum atomic E-state index is 12.7. The Bertz CT molecular complexity index is 795. The van der Waals surface area contributed by atoms with E-state index in [1.165, 1.54) is 0 Å². The number of thiocarbonyl (C=S) groups is 1. The Kier molecular flexibility index (Phi) is 2.65. The fraction of sp³-hybridized carbons (Fsp3) is 0.0588. The molecule has 3 nitrogen and oxygen atoms in total. The molecule has 0 unspecified atom stereocenters. The van der Waals surface area contributed by atoms with Gasteiger partial charge >= 0.3 is 0 Å². The van der Waals surface area contributed by atoms with Crippen LogP contribution in [-0.4, -0.2) is 10.9 Å². The van der Waals surface area contributed by atoms with Gasteiger partial charge in [-0.15, -0.1) is 0 Å². The quantitative estimate of drug-likeness (QED) is 0.793. The number of nitrogens with one attached hydrogen (secondary N) is 2. The van der Waals surface area contributed by atoms with Crippen LogP contribution in [-0.2, 0) is 0 Å². The Labute approximate surface area is 127 Å². The molecule has 4 rings (SSSR count). The first-order valence-corrected chi connectivity index (χ1v) is 7.17. The van der Waals surface area contributed by atoms with Crippen LogP contribution in [0, 0.1) is 0 Å². The van der Waals surface area contributed by atoms with Crippen LogP contribution in [0.5, 0.6) is 0 Å². The van der Waals surface area contributed by atoms with Crippen LogP contribution in [0.4, 0.5) is 0 Å². The molecule has 0 aromatic heterocycles. The van der Waals surface area contributed by atoms with Crippen LogP contribution in [0.3, 0.4) is 0 Å². The minimum Gasteiger partial charge on any atom is -0.351 e. The molecule has 21 heavy (non-hydrogen) atoms. The van der Waals surface area contributed by atoms with Crippen LogP contribution in [0.1, 0.15) is 27.5 Å². The van der Waals surface area contributed by atoms with E-state index in [4.69, 9.17) is 12.2 Å². The van der Waals surface area contributed by atoms with Gasteiger partial charge in [-0.05, 0) is 17.8 Å². The van der Waals surface area contributed by atoms with Crippen molar-refractivity contribution in [2.75, 3.05) is 0 Å². The zero-order chi connectivity index (χ0) is 14.4. The van der Waals surface area contributed by atoms with Crippen molar-refractivity contribution in [1.29, 1.82) is 0 Å². The number of benzene rings is 2. The van der Waals surface area contributed by atoms with Gasteiger partial charge in [0, 0.05) is 11.1 Å². The van der Waals surface area contributed by atoms with E-state index in [9.17, 15) is 4.79 Å². The van der Waals surface area contributed by atoms with Crippen LogP contribution < -0.4 is 10.6 Å². The second-order valence-corrected chi connectivity index (χ2v) is 5.51. The molecule has 2 aromatic rings. The molecule has 1 atom stereocenters. The fourth-order valence-electron chi connectivity index (χ4n) is 2.96. The first-order valence-electron chi connectivity index (χ1n) is 6.76. The number of hydrogen-bond acceptors (Lipinski definition) is 2. The van der Waals surface area contributed by atoms with E-state index in [1.54, 1.807) is 0 Å². The zero-order valence-corrected chi connectivity index (χ0v) is 11.9. The Morgan fingerprint density at radius 2 is 1.57 bits per heavy atom. The zero-order valence-electron chi connectivity index (χ0n) is 11.1. The van der Waals surface area contributed by atoms with E-state index in [0.29, 0.717) is 5.11 Å². The van der Waals surface area contributed by atoms with Crippen LogP contribution in [0.15, 0.2) is 60.2 Å². The van der Waals surface area contributed by atoms with E-state index >= 15 is 0 Å². The first kappa shape index (κ1) is 12.3. The van der Waals surface area contributed by atoms with Crippen LogP contribution in [0.25, 0.3) is 5.70 Å². The van der Waals surface area contributed by atoms with Crippen molar-refractivity contribution in [2.45, 2.75) is 6.04 Å². The number of rotatable bonds is 1. The van der Waals surface area contributed by atoms with Gasteiger partial charge in [-0.1, -0.05) is 54.6 Å². The maximum Gasteiger partial charge on any atom is 0.194 e. The third kappa shape index (κ3) is 1.80. The summed E-state index contributed by atoms with van der Waals surface area (Å²) in [6.07, 6.45) is 0. The summed E-state index contributed by atoms with van der Waals surface area (Å²) in [4.78, 5) is 12.7. The SMILES string of the molecule is O=C1C2=C(NC(=S)N[C@H]2c2ccccc2)c2ccccc21. The third-order valence-corrected chi connectivity index (χ3v) is 4.11. The third-order valence-electron chi connectivity index (χ3n) is 3.89. The average Bonchev–Trinajstić information content (AvgIpc) is 2.81. The largest absolute Gasteiger partial charge is 0.351 e. The van der Waals surface area contributed by atoms with E-state index in [2.05, 4.69) is 10.6 Å². The number of carbonyl (C=O) groups excluding carboxylic acids is 1. The van der Waals surface area contributed by atoms with Crippen molar-refractivity contribution < 1.29 is 4.79 Å². The van der Waals surface area contributed by atoms with E-state index in [0.717, 1.165) is 28.0 Å². The minimum atomic E-state index is -0.199. The van der Waals surface area contributed by atoms with Crippen molar-refractivity contribution in [3.8, 4) is 0 Å². The highest BCUT2D eigenvalue weighted by atomic mass is 32.1. The fourth-order valence-corrected chi connectivity index (χ4v) is 3.18. The molecular formula is C17H12N2OS. The molecule has 0 fully saturated rings. The number of carbonyl (C=O) groups is 1. The Balaban J connectivity index is 1.91. The molecule has 0 saturated carbocycles. The van der Waals surface area contributed by atoms with Crippen LogP contribution >= 0.6 is 12.2 Å². The summed E-state index contributed by atoms with van der Waals surface area (Å²) in [5.74, 6) is 0.0666. The summed E-state index contributed by atoms with van der Waals surface area (Å²) >= 11 is 5.31. The topological polar surface area (TPSA) is 41.1 Å². The van der Waals surface area contributed by atoms with E-state index in [-0.39, 0.29) is 11.8 Å². The standard InChI is InChI=1S/C17H12N2OS/c20-16-12-9-5-4-8-11(12)15-13(16)14(18-17(21)19-15)10-6-2-1-3-7-10/h1-9,14H,(H2,18,19,21)/t14-/m0/s1. The summed E-state index contributed by atoms with van der Waals surface area (Å²) in [6, 6.07) is 17.4. The highest BCUT2D eigenvalue weighted by Crippen LogP contribution is 2.39. The lowest BCUT2D eigenvalue weighted by molar-refractivity contribution is 0.103. The molecule has 1 heterocycles. The van der Waals surface area contributed by atoms with Gasteiger partial charge < -0.3 is 10.6 Å². The summed E-state index contributed by atoms with van der Waals surface area (Å²) in [5, 5.41) is 6.90. The lowest BCUT2D eigenvalue weighted by Crippen LogP contribution is -2.43.